The van der Waals surface area contributed by atoms with E-state index >= 15 is 0 Å². The number of hydrogen-bond acceptors (Lipinski definition) is 3. The molecule has 0 heterocycles. The third-order valence-electron chi connectivity index (χ3n) is 1.97. The molecule has 1 aromatic rings. The first kappa shape index (κ1) is 13.8. The van der Waals surface area contributed by atoms with Crippen LogP contribution in [0.15, 0.2) is 24.3 Å². The Bertz CT molecular complexity index is 451. The predicted octanol–water partition coefficient (Wildman–Crippen LogP) is 1.54. The van der Waals surface area contributed by atoms with E-state index in [0.717, 1.165) is 5.56 Å². The van der Waals surface area contributed by atoms with Gasteiger partial charge in [-0.05, 0) is 24.0 Å². The third-order valence-corrected chi connectivity index (χ3v) is 3.79. The van der Waals surface area contributed by atoms with Gasteiger partial charge >= 0.3 is 0 Å². The van der Waals surface area contributed by atoms with Crippen LogP contribution in [0.3, 0.4) is 0 Å². The zero-order valence-corrected chi connectivity index (χ0v) is 11.1. The lowest BCUT2D eigenvalue weighted by Crippen LogP contribution is -2.33. The Balaban J connectivity index is 2.75. The first-order valence-corrected chi connectivity index (χ1v) is 7.69. The average Bonchev–Trinajstić information content (AvgIpc) is 2.17. The average molecular weight is 281 g/mol. The fraction of sp³-hybridized carbons (Fsp3) is 0.333. The van der Waals surface area contributed by atoms with Crippen molar-refractivity contribution in [1.29, 1.82) is 0 Å². The van der Waals surface area contributed by atoms with Gasteiger partial charge in [0.05, 0.1) is 0 Å². The highest BCUT2D eigenvalue weighted by Crippen LogP contribution is 2.27. The van der Waals surface area contributed by atoms with Crippen molar-refractivity contribution >= 4 is 33.6 Å². The molecule has 0 radical (unpaired) electrons. The second-order valence-corrected chi connectivity index (χ2v) is 6.03. The molecule has 4 nitrogen and oxygen atoms in total. The van der Waals surface area contributed by atoms with Gasteiger partial charge < -0.3 is 0 Å². The lowest BCUT2D eigenvalue weighted by molar-refractivity contribution is 0.583. The van der Waals surface area contributed by atoms with Crippen LogP contribution < -0.4 is 9.86 Å². The van der Waals surface area contributed by atoms with Crippen LogP contribution in [-0.2, 0) is 10.2 Å². The molecule has 0 spiro atoms. The molecular weight excluding hydrogens is 268 g/mol. The van der Waals surface area contributed by atoms with Crippen LogP contribution in [0, 0.1) is 0 Å². The maximum Gasteiger partial charge on any atom is 0.274 e. The van der Waals surface area contributed by atoms with Crippen molar-refractivity contribution in [3.8, 4) is 0 Å². The van der Waals surface area contributed by atoms with Crippen LogP contribution in [0.2, 0.25) is 5.02 Å². The summed E-state index contributed by atoms with van der Waals surface area (Å²) < 4.78 is 23.8. The number of nitrogens with one attached hydrogen (secondary N) is 1. The van der Waals surface area contributed by atoms with E-state index in [2.05, 4.69) is 4.72 Å². The Morgan fingerprint density at radius 1 is 1.56 bits per heavy atom. The van der Waals surface area contributed by atoms with Gasteiger partial charge in [0.15, 0.2) is 0 Å². The highest BCUT2D eigenvalue weighted by Gasteiger charge is 2.12. The molecule has 0 saturated heterocycles. The summed E-state index contributed by atoms with van der Waals surface area (Å²) in [6.07, 6.45) is 1.90. The van der Waals surface area contributed by atoms with Crippen molar-refractivity contribution in [3.63, 3.8) is 0 Å². The Labute approximate surface area is 105 Å². The zero-order valence-electron chi connectivity index (χ0n) is 8.68. The van der Waals surface area contributed by atoms with E-state index in [9.17, 15) is 8.42 Å². The van der Waals surface area contributed by atoms with Crippen molar-refractivity contribution < 1.29 is 8.42 Å². The summed E-state index contributed by atoms with van der Waals surface area (Å²) in [5.74, 6) is 0. The van der Waals surface area contributed by atoms with Crippen LogP contribution >= 0.6 is 23.4 Å². The van der Waals surface area contributed by atoms with Crippen molar-refractivity contribution in [3.05, 3.63) is 34.9 Å². The van der Waals surface area contributed by atoms with Gasteiger partial charge in [-0.2, -0.15) is 20.2 Å². The quantitative estimate of drug-likeness (QED) is 0.859. The van der Waals surface area contributed by atoms with Gasteiger partial charge in [-0.25, -0.2) is 9.86 Å². The monoisotopic (exact) mass is 280 g/mol. The third kappa shape index (κ3) is 4.71. The van der Waals surface area contributed by atoms with Gasteiger partial charge in [-0.3, -0.25) is 0 Å². The van der Waals surface area contributed by atoms with Crippen LogP contribution in [-0.4, -0.2) is 21.2 Å². The minimum Gasteiger partial charge on any atom is -0.216 e. The summed E-state index contributed by atoms with van der Waals surface area (Å²) >= 11 is 7.39. The smallest absolute Gasteiger partial charge is 0.216 e. The number of benzene rings is 1. The van der Waals surface area contributed by atoms with Gasteiger partial charge in [0.1, 0.15) is 0 Å². The van der Waals surface area contributed by atoms with Crippen molar-refractivity contribution in [2.24, 2.45) is 5.14 Å². The zero-order chi connectivity index (χ0) is 12.2. The molecule has 3 N–H and O–H groups in total. The van der Waals surface area contributed by atoms with Crippen molar-refractivity contribution in [1.82, 2.24) is 4.72 Å². The normalized spacial score (nSPS) is 13.7. The lowest BCUT2D eigenvalue weighted by atomic mass is 10.1. The Morgan fingerprint density at radius 2 is 2.25 bits per heavy atom. The van der Waals surface area contributed by atoms with E-state index in [0.29, 0.717) is 5.02 Å². The van der Waals surface area contributed by atoms with Crippen LogP contribution in [0.1, 0.15) is 10.8 Å². The van der Waals surface area contributed by atoms with Gasteiger partial charge in [0.2, 0.25) is 0 Å². The van der Waals surface area contributed by atoms with Crippen molar-refractivity contribution in [2.45, 2.75) is 5.25 Å². The molecule has 0 fully saturated rings. The highest BCUT2D eigenvalue weighted by molar-refractivity contribution is 7.98. The van der Waals surface area contributed by atoms with E-state index in [-0.39, 0.29) is 11.8 Å². The number of halogens is 1. The fourth-order valence-electron chi connectivity index (χ4n) is 1.24. The van der Waals surface area contributed by atoms with E-state index in [4.69, 9.17) is 16.7 Å². The minimum atomic E-state index is -3.64. The van der Waals surface area contributed by atoms with Crippen LogP contribution in [0.25, 0.3) is 0 Å². The second kappa shape index (κ2) is 5.88. The molecule has 0 aliphatic carbocycles. The van der Waals surface area contributed by atoms with Crippen LogP contribution in [0.5, 0.6) is 0 Å². The molecule has 16 heavy (non-hydrogen) atoms. The molecule has 0 aliphatic rings. The molecule has 1 aromatic carbocycles. The predicted molar refractivity (Wildman–Crippen MR) is 68.8 cm³/mol. The summed E-state index contributed by atoms with van der Waals surface area (Å²) in [7, 11) is -3.64. The summed E-state index contributed by atoms with van der Waals surface area (Å²) in [4.78, 5) is 0. The lowest BCUT2D eigenvalue weighted by Gasteiger charge is -2.14. The molecule has 0 bridgehead atoms. The molecular formula is C9H13ClN2O2S2. The minimum absolute atomic E-state index is 0.00275. The molecule has 7 heteroatoms. The number of hydrogen-bond donors (Lipinski definition) is 2. The molecule has 0 aliphatic heterocycles. The molecule has 90 valence electrons. The molecule has 0 saturated carbocycles. The summed E-state index contributed by atoms with van der Waals surface area (Å²) in [5, 5.41) is 5.50. The molecule has 1 rings (SSSR count). The second-order valence-electron chi connectivity index (χ2n) is 3.17. The van der Waals surface area contributed by atoms with E-state index in [1.54, 1.807) is 6.07 Å². The summed E-state index contributed by atoms with van der Waals surface area (Å²) in [6, 6.07) is 7.32. The van der Waals surface area contributed by atoms with Gasteiger partial charge in [-0.15, -0.1) is 0 Å². The highest BCUT2D eigenvalue weighted by atomic mass is 35.5. The van der Waals surface area contributed by atoms with Gasteiger partial charge in [-0.1, -0.05) is 23.7 Å². The molecule has 0 amide bonds. The summed E-state index contributed by atoms with van der Waals surface area (Å²) in [6.45, 7) is 0.250. The van der Waals surface area contributed by atoms with E-state index in [1.165, 1.54) is 11.8 Å². The van der Waals surface area contributed by atoms with E-state index in [1.807, 2.05) is 24.5 Å². The topological polar surface area (TPSA) is 72.2 Å². The largest absolute Gasteiger partial charge is 0.274 e. The van der Waals surface area contributed by atoms with Gasteiger partial charge in [0.25, 0.3) is 10.2 Å². The Hall–Kier alpha value is -0.270. The first-order chi connectivity index (χ1) is 7.42. The maximum absolute atomic E-state index is 10.8. The van der Waals surface area contributed by atoms with E-state index < -0.39 is 10.2 Å². The maximum atomic E-state index is 10.8. The number of rotatable bonds is 5. The molecule has 0 unspecified atom stereocenters. The standard InChI is InChI=1S/C9H13ClN2O2S2/c1-15-9(6-12-16(11,13)14)7-3-2-4-8(10)5-7/h2-5,9,12H,6H2,1H3,(H2,11,13,14)/t9-/m0/s1. The van der Waals surface area contributed by atoms with Gasteiger partial charge in [0, 0.05) is 16.8 Å². The number of thioether (sulfide) groups is 1. The SMILES string of the molecule is CS[C@@H](CNS(N)(=O)=O)c1cccc(Cl)c1. The van der Waals surface area contributed by atoms with Crippen LogP contribution in [0.4, 0.5) is 0 Å². The molecule has 0 aromatic heterocycles. The Kier molecular flexibility index (Phi) is 5.07. The fourth-order valence-corrected chi connectivity index (χ4v) is 2.61. The molecule has 1 atom stereocenters. The summed E-state index contributed by atoms with van der Waals surface area (Å²) in [5.41, 5.74) is 0.969. The first-order valence-electron chi connectivity index (χ1n) is 4.48. The van der Waals surface area contributed by atoms with Crippen molar-refractivity contribution in [2.75, 3.05) is 12.8 Å². The number of nitrogens with two attached hydrogens (primary N) is 1. The Morgan fingerprint density at radius 3 is 2.75 bits per heavy atom.